The molecule has 2 aromatic carbocycles. The fourth-order valence-electron chi connectivity index (χ4n) is 4.20. The van der Waals surface area contributed by atoms with Gasteiger partial charge in [-0.15, -0.1) is 0 Å². The zero-order chi connectivity index (χ0) is 22.4. The van der Waals surface area contributed by atoms with E-state index in [-0.39, 0.29) is 17.6 Å². The summed E-state index contributed by atoms with van der Waals surface area (Å²) in [6.45, 7) is 6.07. The molecule has 3 aromatic rings. The molecule has 0 radical (unpaired) electrons. The minimum Gasteiger partial charge on any atom is -0.507 e. The van der Waals surface area contributed by atoms with E-state index in [2.05, 4.69) is 19.1 Å². The molecule has 3 N–H and O–H groups in total. The van der Waals surface area contributed by atoms with Gasteiger partial charge < -0.3 is 15.3 Å². The predicted molar refractivity (Wildman–Crippen MR) is 127 cm³/mol. The summed E-state index contributed by atoms with van der Waals surface area (Å²) in [5.41, 5.74) is 8.68. The number of hydrogen-bond donors (Lipinski definition) is 2. The Bertz CT molecular complexity index is 1040. The molecule has 31 heavy (non-hydrogen) atoms. The van der Waals surface area contributed by atoms with Crippen molar-refractivity contribution in [3.8, 4) is 5.75 Å². The number of nitrogen functional groups attached to an aromatic ring is 1. The largest absolute Gasteiger partial charge is 0.507 e. The minimum atomic E-state index is -0.439. The van der Waals surface area contributed by atoms with Gasteiger partial charge in [-0.05, 0) is 54.9 Å². The molecule has 0 spiro atoms. The summed E-state index contributed by atoms with van der Waals surface area (Å²) < 4.78 is 5.78. The van der Waals surface area contributed by atoms with Gasteiger partial charge in [-0.1, -0.05) is 63.2 Å². The molecule has 0 bridgehead atoms. The molecule has 4 nitrogen and oxygen atoms in total. The van der Waals surface area contributed by atoms with Gasteiger partial charge in [0.1, 0.15) is 11.5 Å². The smallest absolute Gasteiger partial charge is 0.343 e. The molecule has 2 atom stereocenters. The molecule has 1 aromatic heterocycles. The third kappa shape index (κ3) is 5.38. The van der Waals surface area contributed by atoms with Gasteiger partial charge in [0.25, 0.3) is 0 Å². The normalized spacial score (nSPS) is 14.9. The van der Waals surface area contributed by atoms with Crippen molar-refractivity contribution in [1.82, 2.24) is 0 Å². The molecule has 1 fully saturated rings. The summed E-state index contributed by atoms with van der Waals surface area (Å²) in [7, 11) is 0. The van der Waals surface area contributed by atoms with Crippen molar-refractivity contribution in [2.75, 3.05) is 5.73 Å². The average molecular weight is 420 g/mol. The van der Waals surface area contributed by atoms with E-state index in [1.165, 1.54) is 5.56 Å². The maximum absolute atomic E-state index is 13.0. The van der Waals surface area contributed by atoms with E-state index < -0.39 is 5.63 Å². The highest BCUT2D eigenvalue weighted by molar-refractivity contribution is 5.47. The molecule has 0 saturated heterocycles. The second-order valence-electron chi connectivity index (χ2n) is 8.02. The van der Waals surface area contributed by atoms with Gasteiger partial charge in [-0.25, -0.2) is 4.79 Å². The average Bonchev–Trinajstić information content (AvgIpc) is 3.61. The third-order valence-corrected chi connectivity index (χ3v) is 5.88. The number of aromatic hydroxyl groups is 1. The summed E-state index contributed by atoms with van der Waals surface area (Å²) in [6.07, 6.45) is 3.65. The summed E-state index contributed by atoms with van der Waals surface area (Å²) in [6, 6.07) is 19.4. The zero-order valence-electron chi connectivity index (χ0n) is 18.7. The predicted octanol–water partition coefficient (Wildman–Crippen LogP) is 6.23. The van der Waals surface area contributed by atoms with Crippen molar-refractivity contribution in [1.29, 1.82) is 0 Å². The molecule has 0 amide bonds. The Labute approximate surface area is 184 Å². The van der Waals surface area contributed by atoms with Gasteiger partial charge in [-0.2, -0.15) is 0 Å². The van der Waals surface area contributed by atoms with E-state index in [0.717, 1.165) is 31.2 Å². The zero-order valence-corrected chi connectivity index (χ0v) is 18.7. The van der Waals surface area contributed by atoms with Crippen LogP contribution in [0.25, 0.3) is 0 Å². The van der Waals surface area contributed by atoms with Crippen molar-refractivity contribution in [2.24, 2.45) is 5.92 Å². The van der Waals surface area contributed by atoms with Crippen molar-refractivity contribution < 1.29 is 9.52 Å². The van der Waals surface area contributed by atoms with Crippen molar-refractivity contribution in [2.45, 2.75) is 58.3 Å². The summed E-state index contributed by atoms with van der Waals surface area (Å²) in [5, 5.41) is 10.9. The summed E-state index contributed by atoms with van der Waals surface area (Å²) >= 11 is 0. The second kappa shape index (κ2) is 10.3. The first kappa shape index (κ1) is 22.7. The summed E-state index contributed by atoms with van der Waals surface area (Å²) in [5.74, 6) is 0.768. The Balaban J connectivity index is 0.00000132. The van der Waals surface area contributed by atoms with E-state index in [4.69, 9.17) is 10.2 Å². The van der Waals surface area contributed by atoms with Gasteiger partial charge >= 0.3 is 5.63 Å². The number of anilines is 1. The van der Waals surface area contributed by atoms with E-state index in [0.29, 0.717) is 22.9 Å². The van der Waals surface area contributed by atoms with Gasteiger partial charge in [0, 0.05) is 23.6 Å². The maximum Gasteiger partial charge on any atom is 0.343 e. The van der Waals surface area contributed by atoms with E-state index in [1.807, 2.05) is 56.3 Å². The lowest BCUT2D eigenvalue weighted by Crippen LogP contribution is -2.18. The van der Waals surface area contributed by atoms with Crippen LogP contribution in [-0.4, -0.2) is 5.11 Å². The molecular formula is C27H33NO3. The monoisotopic (exact) mass is 419 g/mol. The van der Waals surface area contributed by atoms with Crippen LogP contribution < -0.4 is 11.4 Å². The molecule has 4 rings (SSSR count). The first-order valence-corrected chi connectivity index (χ1v) is 11.3. The molecule has 2 unspecified atom stereocenters. The Morgan fingerprint density at radius 2 is 1.77 bits per heavy atom. The molecule has 1 aliphatic carbocycles. The maximum atomic E-state index is 13.0. The lowest BCUT2D eigenvalue weighted by Gasteiger charge is -2.20. The number of hydrogen-bond acceptors (Lipinski definition) is 4. The van der Waals surface area contributed by atoms with Crippen LogP contribution in [0.5, 0.6) is 5.75 Å². The van der Waals surface area contributed by atoms with Gasteiger partial charge in [0.05, 0.1) is 5.56 Å². The first-order chi connectivity index (χ1) is 15.1. The molecule has 0 aliphatic heterocycles. The van der Waals surface area contributed by atoms with Crippen LogP contribution in [0.1, 0.15) is 74.3 Å². The highest BCUT2D eigenvalue weighted by atomic mass is 16.4. The highest BCUT2D eigenvalue weighted by Gasteiger charge is 2.37. The van der Waals surface area contributed by atoms with Gasteiger partial charge in [-0.3, -0.25) is 0 Å². The van der Waals surface area contributed by atoms with Crippen molar-refractivity contribution >= 4 is 5.69 Å². The van der Waals surface area contributed by atoms with Crippen LogP contribution >= 0.6 is 0 Å². The Hall–Kier alpha value is -3.01. The lowest BCUT2D eigenvalue weighted by molar-refractivity contribution is 0.379. The SMILES string of the molecule is CC.CCC(Cc1ccccc1)c1cc(O)c(C(c2cccc(N)c2)C2CC2)c(=O)o1. The quantitative estimate of drug-likeness (QED) is 0.445. The van der Waals surface area contributed by atoms with Gasteiger partial charge in [0.2, 0.25) is 0 Å². The topological polar surface area (TPSA) is 76.5 Å². The second-order valence-corrected chi connectivity index (χ2v) is 8.02. The van der Waals surface area contributed by atoms with E-state index in [9.17, 15) is 9.90 Å². The fraction of sp³-hybridized carbons (Fsp3) is 0.370. The molecule has 164 valence electrons. The van der Waals surface area contributed by atoms with Crippen LogP contribution in [-0.2, 0) is 6.42 Å². The summed E-state index contributed by atoms with van der Waals surface area (Å²) in [4.78, 5) is 13.0. The lowest BCUT2D eigenvalue weighted by atomic mass is 9.86. The first-order valence-electron chi connectivity index (χ1n) is 11.3. The fourth-order valence-corrected chi connectivity index (χ4v) is 4.20. The van der Waals surface area contributed by atoms with Crippen LogP contribution in [0, 0.1) is 5.92 Å². The van der Waals surface area contributed by atoms with Crippen molar-refractivity contribution in [3.05, 3.63) is 93.5 Å². The molecule has 1 saturated carbocycles. The number of benzene rings is 2. The Kier molecular flexibility index (Phi) is 7.56. The van der Waals surface area contributed by atoms with Gasteiger partial charge in [0.15, 0.2) is 0 Å². The van der Waals surface area contributed by atoms with Crippen LogP contribution in [0.3, 0.4) is 0 Å². The van der Waals surface area contributed by atoms with E-state index >= 15 is 0 Å². The molecule has 1 aliphatic rings. The van der Waals surface area contributed by atoms with Crippen LogP contribution in [0.15, 0.2) is 69.9 Å². The standard InChI is InChI=1S/C25H27NO3.C2H6/c1-2-17(13-16-7-4-3-5-8-16)22-15-21(27)24(25(28)29-22)23(18-11-12-18)19-9-6-10-20(26)14-19;1-2/h3-10,14-15,17-18,23,27H,2,11-13,26H2,1H3;1-2H3. The minimum absolute atomic E-state index is 0.0297. The molecule has 4 heteroatoms. The van der Waals surface area contributed by atoms with Crippen LogP contribution in [0.2, 0.25) is 0 Å². The number of nitrogens with two attached hydrogens (primary N) is 1. The molecular weight excluding hydrogens is 386 g/mol. The van der Waals surface area contributed by atoms with Crippen molar-refractivity contribution in [3.63, 3.8) is 0 Å². The van der Waals surface area contributed by atoms with Crippen LogP contribution in [0.4, 0.5) is 5.69 Å². The number of rotatable bonds is 7. The van der Waals surface area contributed by atoms with E-state index in [1.54, 1.807) is 6.07 Å². The Morgan fingerprint density at radius 3 is 2.35 bits per heavy atom. The molecule has 1 heterocycles. The third-order valence-electron chi connectivity index (χ3n) is 5.88. The highest BCUT2D eigenvalue weighted by Crippen LogP contribution is 2.48. The Morgan fingerprint density at radius 1 is 1.06 bits per heavy atom.